The molecule has 1 aromatic carbocycles. The van der Waals surface area contributed by atoms with Gasteiger partial charge >= 0.3 is 0 Å². The molecule has 0 amide bonds. The maximum Gasteiger partial charge on any atom is 0.124 e. The molecule has 0 radical (unpaired) electrons. The molecule has 0 atom stereocenters. The van der Waals surface area contributed by atoms with Crippen molar-refractivity contribution < 1.29 is 9.84 Å². The van der Waals surface area contributed by atoms with Crippen LogP contribution in [0.2, 0.25) is 0 Å². The molecule has 14 heavy (non-hydrogen) atoms. The van der Waals surface area contributed by atoms with Crippen LogP contribution in [0.5, 0.6) is 5.75 Å². The second-order valence-corrected chi connectivity index (χ2v) is 2.94. The number of aromatic hydroxyl groups is 1. The number of benzene rings is 1. The summed E-state index contributed by atoms with van der Waals surface area (Å²) in [6.07, 6.45) is 2.59. The average Bonchev–Trinajstić information content (AvgIpc) is 2.20. The lowest BCUT2D eigenvalue weighted by molar-refractivity contribution is 0.197. The predicted molar refractivity (Wildman–Crippen MR) is 57.1 cm³/mol. The second-order valence-electron chi connectivity index (χ2n) is 2.94. The molecule has 1 N–H and O–H groups in total. The van der Waals surface area contributed by atoms with E-state index < -0.39 is 0 Å². The van der Waals surface area contributed by atoms with Crippen molar-refractivity contribution in [1.29, 1.82) is 0 Å². The number of hydrogen-bond donors (Lipinski definition) is 1. The number of phenols is 1. The number of para-hydroxylation sites is 1. The summed E-state index contributed by atoms with van der Waals surface area (Å²) in [6.45, 7) is 1.44. The van der Waals surface area contributed by atoms with Crippen molar-refractivity contribution in [3.63, 3.8) is 0 Å². The number of ether oxygens (including phenoxy) is 1. The maximum absolute atomic E-state index is 9.40. The van der Waals surface area contributed by atoms with Crippen LogP contribution in [0.1, 0.15) is 12.0 Å². The molecular formula is C11H15NO2. The van der Waals surface area contributed by atoms with Crippen LogP contribution in [0, 0.1) is 0 Å². The Balaban J connectivity index is 2.40. The molecule has 0 spiro atoms. The minimum Gasteiger partial charge on any atom is -0.507 e. The SMILES string of the molecule is COCCC/N=C/c1ccccc1O. The van der Waals surface area contributed by atoms with Crippen molar-refractivity contribution in [3.05, 3.63) is 29.8 Å². The van der Waals surface area contributed by atoms with E-state index in [0.717, 1.165) is 25.1 Å². The molecular weight excluding hydrogens is 178 g/mol. The van der Waals surface area contributed by atoms with Gasteiger partial charge in [0.05, 0.1) is 0 Å². The van der Waals surface area contributed by atoms with Crippen LogP contribution in [-0.2, 0) is 4.74 Å². The van der Waals surface area contributed by atoms with Crippen molar-refractivity contribution in [2.75, 3.05) is 20.3 Å². The summed E-state index contributed by atoms with van der Waals surface area (Å²) in [6, 6.07) is 7.14. The summed E-state index contributed by atoms with van der Waals surface area (Å²) < 4.78 is 4.89. The first-order valence-electron chi connectivity index (χ1n) is 4.61. The third-order valence-electron chi connectivity index (χ3n) is 1.80. The Labute approximate surface area is 84.1 Å². The summed E-state index contributed by atoms with van der Waals surface area (Å²) in [5.41, 5.74) is 0.755. The first-order valence-corrected chi connectivity index (χ1v) is 4.61. The van der Waals surface area contributed by atoms with Gasteiger partial charge in [-0.1, -0.05) is 12.1 Å². The van der Waals surface area contributed by atoms with Crippen molar-refractivity contribution in [1.82, 2.24) is 0 Å². The van der Waals surface area contributed by atoms with Gasteiger partial charge < -0.3 is 9.84 Å². The highest BCUT2D eigenvalue weighted by molar-refractivity contribution is 5.83. The molecule has 1 rings (SSSR count). The lowest BCUT2D eigenvalue weighted by atomic mass is 10.2. The van der Waals surface area contributed by atoms with Gasteiger partial charge in [-0.25, -0.2) is 0 Å². The normalized spacial score (nSPS) is 10.9. The van der Waals surface area contributed by atoms with Crippen LogP contribution in [0.3, 0.4) is 0 Å². The minimum atomic E-state index is 0.267. The van der Waals surface area contributed by atoms with Crippen LogP contribution in [0.15, 0.2) is 29.3 Å². The Hall–Kier alpha value is -1.35. The van der Waals surface area contributed by atoms with E-state index in [1.165, 1.54) is 0 Å². The molecule has 0 aliphatic carbocycles. The molecule has 0 saturated heterocycles. The van der Waals surface area contributed by atoms with E-state index in [9.17, 15) is 5.11 Å². The van der Waals surface area contributed by atoms with Gasteiger partial charge in [-0.05, 0) is 18.6 Å². The molecule has 0 aliphatic heterocycles. The fourth-order valence-electron chi connectivity index (χ4n) is 1.06. The molecule has 0 fully saturated rings. The fraction of sp³-hybridized carbons (Fsp3) is 0.364. The van der Waals surface area contributed by atoms with E-state index in [0.29, 0.717) is 0 Å². The number of hydrogen-bond acceptors (Lipinski definition) is 3. The zero-order valence-corrected chi connectivity index (χ0v) is 8.31. The van der Waals surface area contributed by atoms with Crippen LogP contribution < -0.4 is 0 Å². The highest BCUT2D eigenvalue weighted by Gasteiger charge is 1.93. The van der Waals surface area contributed by atoms with Gasteiger partial charge in [-0.15, -0.1) is 0 Å². The topological polar surface area (TPSA) is 41.8 Å². The molecule has 76 valence electrons. The third-order valence-corrected chi connectivity index (χ3v) is 1.80. The number of aliphatic imine (C=N–C) groups is 1. The summed E-state index contributed by atoms with van der Waals surface area (Å²) in [5.74, 6) is 0.267. The number of methoxy groups -OCH3 is 1. The summed E-state index contributed by atoms with van der Waals surface area (Å²) in [5, 5.41) is 9.40. The predicted octanol–water partition coefficient (Wildman–Crippen LogP) is 1.85. The van der Waals surface area contributed by atoms with Gasteiger partial charge in [0.1, 0.15) is 5.75 Å². The van der Waals surface area contributed by atoms with E-state index in [1.54, 1.807) is 25.5 Å². The summed E-state index contributed by atoms with van der Waals surface area (Å²) in [4.78, 5) is 4.17. The van der Waals surface area contributed by atoms with Crippen molar-refractivity contribution >= 4 is 6.21 Å². The van der Waals surface area contributed by atoms with Crippen LogP contribution in [-0.4, -0.2) is 31.6 Å². The lowest BCUT2D eigenvalue weighted by Gasteiger charge is -1.97. The van der Waals surface area contributed by atoms with E-state index >= 15 is 0 Å². The number of rotatable bonds is 5. The van der Waals surface area contributed by atoms with Crippen molar-refractivity contribution in [2.24, 2.45) is 4.99 Å². The Kier molecular flexibility index (Phi) is 4.72. The van der Waals surface area contributed by atoms with Crippen molar-refractivity contribution in [2.45, 2.75) is 6.42 Å². The fourth-order valence-corrected chi connectivity index (χ4v) is 1.06. The first kappa shape index (κ1) is 10.7. The van der Waals surface area contributed by atoms with Gasteiger partial charge in [0, 0.05) is 32.0 Å². The molecule has 1 aromatic rings. The van der Waals surface area contributed by atoms with E-state index in [4.69, 9.17) is 4.74 Å². The van der Waals surface area contributed by atoms with Gasteiger partial charge in [0.2, 0.25) is 0 Å². The molecule has 0 heterocycles. The highest BCUT2D eigenvalue weighted by Crippen LogP contribution is 2.12. The van der Waals surface area contributed by atoms with E-state index in [2.05, 4.69) is 4.99 Å². The monoisotopic (exact) mass is 193 g/mol. The highest BCUT2D eigenvalue weighted by atomic mass is 16.5. The quantitative estimate of drug-likeness (QED) is 0.572. The number of nitrogens with zero attached hydrogens (tertiary/aromatic N) is 1. The Morgan fingerprint density at radius 1 is 1.43 bits per heavy atom. The average molecular weight is 193 g/mol. The molecule has 3 nitrogen and oxygen atoms in total. The largest absolute Gasteiger partial charge is 0.507 e. The van der Waals surface area contributed by atoms with Gasteiger partial charge in [-0.3, -0.25) is 4.99 Å². The molecule has 0 aromatic heterocycles. The summed E-state index contributed by atoms with van der Waals surface area (Å²) >= 11 is 0. The van der Waals surface area contributed by atoms with Crippen LogP contribution in [0.25, 0.3) is 0 Å². The molecule has 0 saturated carbocycles. The molecule has 0 bridgehead atoms. The number of phenolic OH excluding ortho intramolecular Hbond substituents is 1. The van der Waals surface area contributed by atoms with E-state index in [1.807, 2.05) is 12.1 Å². The maximum atomic E-state index is 9.40. The Bertz CT molecular complexity index is 297. The minimum absolute atomic E-state index is 0.267. The van der Waals surface area contributed by atoms with Gasteiger partial charge in [0.15, 0.2) is 0 Å². The third kappa shape index (κ3) is 3.58. The standard InChI is InChI=1S/C11H15NO2/c1-14-8-4-7-12-9-10-5-2-3-6-11(10)13/h2-3,5-6,9,13H,4,7-8H2,1H3/b12-9+. The Morgan fingerprint density at radius 3 is 2.93 bits per heavy atom. The first-order chi connectivity index (χ1) is 6.84. The molecule has 0 unspecified atom stereocenters. The van der Waals surface area contributed by atoms with Gasteiger partial charge in [0.25, 0.3) is 0 Å². The van der Waals surface area contributed by atoms with Crippen molar-refractivity contribution in [3.8, 4) is 5.75 Å². The van der Waals surface area contributed by atoms with Crippen LogP contribution in [0.4, 0.5) is 0 Å². The van der Waals surface area contributed by atoms with E-state index in [-0.39, 0.29) is 5.75 Å². The smallest absolute Gasteiger partial charge is 0.124 e. The lowest BCUT2D eigenvalue weighted by Crippen LogP contribution is -1.92. The van der Waals surface area contributed by atoms with Gasteiger partial charge in [-0.2, -0.15) is 0 Å². The van der Waals surface area contributed by atoms with Crippen LogP contribution >= 0.6 is 0 Å². The zero-order valence-electron chi connectivity index (χ0n) is 8.31. The summed E-state index contributed by atoms with van der Waals surface area (Å²) in [7, 11) is 1.67. The second kappa shape index (κ2) is 6.16. The zero-order chi connectivity index (χ0) is 10.2. The molecule has 3 heteroatoms. The molecule has 0 aliphatic rings. The Morgan fingerprint density at radius 2 is 2.21 bits per heavy atom.